The Balaban J connectivity index is 1.30. The lowest BCUT2D eigenvalue weighted by Gasteiger charge is -2.25. The van der Waals surface area contributed by atoms with Crippen LogP contribution in [0.3, 0.4) is 0 Å². The summed E-state index contributed by atoms with van der Waals surface area (Å²) in [5.74, 6) is 2.47. The maximum atomic E-state index is 5.51. The maximum absolute atomic E-state index is 5.51. The molecule has 9 heteroatoms. The van der Waals surface area contributed by atoms with Gasteiger partial charge < -0.3 is 20.1 Å². The molecule has 4 heterocycles. The van der Waals surface area contributed by atoms with Crippen LogP contribution in [0.25, 0.3) is 20.7 Å². The fraction of sp³-hybridized carbons (Fsp3) is 0.214. The van der Waals surface area contributed by atoms with Gasteiger partial charge in [0.1, 0.15) is 22.2 Å². The number of nitrogens with zero attached hydrogens (tertiary/aromatic N) is 3. The molecule has 3 aromatic heterocycles. The van der Waals surface area contributed by atoms with E-state index in [0.29, 0.717) is 6.54 Å². The Bertz CT molecular complexity index is 1480. The minimum Gasteiger partial charge on any atom is -0.495 e. The van der Waals surface area contributed by atoms with Crippen molar-refractivity contribution in [2.45, 2.75) is 6.54 Å². The molecule has 0 amide bonds. The second-order valence-electron chi connectivity index (χ2n) is 8.71. The van der Waals surface area contributed by atoms with Crippen LogP contribution in [0.1, 0.15) is 5.82 Å². The third-order valence-electron chi connectivity index (χ3n) is 6.27. The summed E-state index contributed by atoms with van der Waals surface area (Å²) in [5.41, 5.74) is 4.04. The molecule has 37 heavy (non-hydrogen) atoms. The molecule has 0 spiro atoms. The van der Waals surface area contributed by atoms with E-state index in [-0.39, 0.29) is 0 Å². The van der Waals surface area contributed by atoms with Crippen LogP contribution in [0.4, 0.5) is 22.9 Å². The van der Waals surface area contributed by atoms with Gasteiger partial charge in [0.05, 0.1) is 37.9 Å². The lowest BCUT2D eigenvalue weighted by molar-refractivity contribution is 0.0331. The van der Waals surface area contributed by atoms with E-state index in [0.717, 1.165) is 71.0 Å². The molecule has 0 radical (unpaired) electrons. The standard InChI is InChI=1S/C28H27N5O2S2/c1-34-23-6-3-2-5-22(23)29-19-8-10-20(11-9-19)30-27-26-21(24-7-4-16-36-24)18-37-28(26)32-25(31-27)17-33-12-14-35-15-13-33/h2-11,16,18,29H,12-15,17H2,1H3,(H,30,31,32). The number of morpholine rings is 1. The number of methoxy groups -OCH3 is 1. The number of hydrogen-bond donors (Lipinski definition) is 2. The molecule has 0 saturated carbocycles. The number of ether oxygens (including phenoxy) is 2. The van der Waals surface area contributed by atoms with Gasteiger partial charge in [0.15, 0.2) is 0 Å². The number of anilines is 4. The van der Waals surface area contributed by atoms with Crippen LogP contribution in [0, 0.1) is 0 Å². The molecule has 0 atom stereocenters. The molecule has 2 aromatic carbocycles. The number of hydrogen-bond acceptors (Lipinski definition) is 9. The monoisotopic (exact) mass is 529 g/mol. The van der Waals surface area contributed by atoms with E-state index < -0.39 is 0 Å². The smallest absolute Gasteiger partial charge is 0.146 e. The predicted molar refractivity (Wildman–Crippen MR) is 153 cm³/mol. The van der Waals surface area contributed by atoms with Crippen LogP contribution in [0.2, 0.25) is 0 Å². The second kappa shape index (κ2) is 10.9. The fourth-order valence-corrected chi connectivity index (χ4v) is 6.18. The number of benzene rings is 2. The van der Waals surface area contributed by atoms with Crippen LogP contribution in [0.5, 0.6) is 5.75 Å². The summed E-state index contributed by atoms with van der Waals surface area (Å²) in [7, 11) is 1.68. The Kier molecular flexibility index (Phi) is 7.00. The average Bonchev–Trinajstić information content (AvgIpc) is 3.61. The quantitative estimate of drug-likeness (QED) is 0.230. The number of aromatic nitrogens is 2. The van der Waals surface area contributed by atoms with Crippen LogP contribution >= 0.6 is 22.7 Å². The third-order valence-corrected chi connectivity index (χ3v) is 8.04. The molecule has 1 saturated heterocycles. The Hall–Kier alpha value is -3.50. The van der Waals surface area contributed by atoms with Crippen LogP contribution in [-0.2, 0) is 11.3 Å². The molecule has 0 aliphatic carbocycles. The first-order chi connectivity index (χ1) is 18.3. The largest absolute Gasteiger partial charge is 0.495 e. The van der Waals surface area contributed by atoms with Crippen molar-refractivity contribution in [3.63, 3.8) is 0 Å². The first-order valence-corrected chi connectivity index (χ1v) is 13.9. The van der Waals surface area contributed by atoms with Gasteiger partial charge in [-0.3, -0.25) is 4.90 Å². The molecule has 0 bridgehead atoms. The van der Waals surface area contributed by atoms with Gasteiger partial charge in [0, 0.05) is 40.3 Å². The summed E-state index contributed by atoms with van der Waals surface area (Å²) in [6, 6.07) is 20.3. The summed E-state index contributed by atoms with van der Waals surface area (Å²) in [5, 5.41) is 12.4. The minimum atomic E-state index is 0.710. The van der Waals surface area contributed by atoms with Crippen molar-refractivity contribution in [3.05, 3.63) is 77.2 Å². The van der Waals surface area contributed by atoms with Crippen molar-refractivity contribution in [2.75, 3.05) is 44.0 Å². The molecule has 1 aliphatic heterocycles. The highest BCUT2D eigenvalue weighted by atomic mass is 32.1. The van der Waals surface area contributed by atoms with Gasteiger partial charge in [0.2, 0.25) is 0 Å². The molecule has 1 fully saturated rings. The van der Waals surface area contributed by atoms with E-state index in [2.05, 4.69) is 62.7 Å². The highest BCUT2D eigenvalue weighted by Gasteiger charge is 2.19. The average molecular weight is 530 g/mol. The van der Waals surface area contributed by atoms with Crippen LogP contribution in [0.15, 0.2) is 71.4 Å². The zero-order valence-electron chi connectivity index (χ0n) is 20.4. The number of rotatable bonds is 8. The SMILES string of the molecule is COc1ccccc1Nc1ccc(Nc2nc(CN3CCOCC3)nc3scc(-c4cccs4)c23)cc1. The van der Waals surface area contributed by atoms with Crippen molar-refractivity contribution in [3.8, 4) is 16.2 Å². The van der Waals surface area contributed by atoms with Gasteiger partial charge in [0.25, 0.3) is 0 Å². The molecule has 188 valence electrons. The molecular weight excluding hydrogens is 502 g/mol. The van der Waals surface area contributed by atoms with E-state index in [4.69, 9.17) is 19.4 Å². The highest BCUT2D eigenvalue weighted by Crippen LogP contribution is 2.40. The molecule has 1 aliphatic rings. The summed E-state index contributed by atoms with van der Waals surface area (Å²) in [6.07, 6.45) is 0. The Morgan fingerprint density at radius 3 is 2.46 bits per heavy atom. The summed E-state index contributed by atoms with van der Waals surface area (Å²) in [4.78, 5) is 14.5. The lowest BCUT2D eigenvalue weighted by atomic mass is 10.2. The molecule has 5 aromatic rings. The zero-order valence-corrected chi connectivity index (χ0v) is 22.1. The Morgan fingerprint density at radius 1 is 0.919 bits per heavy atom. The van der Waals surface area contributed by atoms with Gasteiger partial charge in [-0.2, -0.15) is 0 Å². The Morgan fingerprint density at radius 2 is 1.70 bits per heavy atom. The second-order valence-corrected chi connectivity index (χ2v) is 10.5. The molecular formula is C28H27N5O2S2. The topological polar surface area (TPSA) is 71.5 Å². The maximum Gasteiger partial charge on any atom is 0.146 e. The van der Waals surface area contributed by atoms with Gasteiger partial charge in [-0.25, -0.2) is 9.97 Å². The van der Waals surface area contributed by atoms with E-state index in [1.807, 2.05) is 24.3 Å². The number of para-hydroxylation sites is 2. The van der Waals surface area contributed by atoms with Crippen molar-refractivity contribution < 1.29 is 9.47 Å². The van der Waals surface area contributed by atoms with Gasteiger partial charge in [-0.05, 0) is 47.8 Å². The molecule has 7 nitrogen and oxygen atoms in total. The van der Waals surface area contributed by atoms with Crippen molar-refractivity contribution >= 4 is 55.8 Å². The Labute approximate surface area is 223 Å². The molecule has 2 N–H and O–H groups in total. The third kappa shape index (κ3) is 5.30. The normalized spacial score (nSPS) is 14.1. The summed E-state index contributed by atoms with van der Waals surface area (Å²) in [6.45, 7) is 4.02. The van der Waals surface area contributed by atoms with Gasteiger partial charge in [-0.1, -0.05) is 18.2 Å². The highest BCUT2D eigenvalue weighted by molar-refractivity contribution is 7.18. The number of thiophene rings is 2. The summed E-state index contributed by atoms with van der Waals surface area (Å²) < 4.78 is 11.0. The number of fused-ring (bicyclic) bond motifs is 1. The summed E-state index contributed by atoms with van der Waals surface area (Å²) >= 11 is 3.40. The minimum absolute atomic E-state index is 0.710. The van der Waals surface area contributed by atoms with E-state index >= 15 is 0 Å². The first-order valence-electron chi connectivity index (χ1n) is 12.2. The fourth-order valence-electron chi connectivity index (χ4n) is 4.40. The van der Waals surface area contributed by atoms with E-state index in [1.54, 1.807) is 29.8 Å². The first kappa shape index (κ1) is 23.9. The van der Waals surface area contributed by atoms with Crippen molar-refractivity contribution in [2.24, 2.45) is 0 Å². The van der Waals surface area contributed by atoms with E-state index in [1.165, 1.54) is 10.4 Å². The zero-order chi connectivity index (χ0) is 25.0. The van der Waals surface area contributed by atoms with Gasteiger partial charge >= 0.3 is 0 Å². The molecule has 6 rings (SSSR count). The predicted octanol–water partition coefficient (Wildman–Crippen LogP) is 6.75. The van der Waals surface area contributed by atoms with Gasteiger partial charge in [-0.15, -0.1) is 22.7 Å². The van der Waals surface area contributed by atoms with Crippen molar-refractivity contribution in [1.82, 2.24) is 14.9 Å². The number of nitrogens with one attached hydrogen (secondary N) is 2. The lowest BCUT2D eigenvalue weighted by Crippen LogP contribution is -2.36. The van der Waals surface area contributed by atoms with Crippen molar-refractivity contribution in [1.29, 1.82) is 0 Å². The van der Waals surface area contributed by atoms with Crippen LogP contribution < -0.4 is 15.4 Å². The van der Waals surface area contributed by atoms with Crippen LogP contribution in [-0.4, -0.2) is 48.3 Å². The molecule has 0 unspecified atom stereocenters. The van der Waals surface area contributed by atoms with E-state index in [9.17, 15) is 0 Å².